The van der Waals surface area contributed by atoms with Crippen LogP contribution in [0.5, 0.6) is 0 Å². The maximum Gasteiger partial charge on any atom is 0.0891 e. The van der Waals surface area contributed by atoms with E-state index >= 15 is 0 Å². The SMILES string of the molecule is C1=CC2=CC(C1)N(c1ccccc1)c1cccc(c1)N(C1CC=Nc3cccnc31)c1cccc(c1)N(c1ccccc1)c1cccc(c1)N2c1ccccc1. The second-order valence-electron chi connectivity index (χ2n) is 14.2. The standard InChI is InChI=1S/C50H40N6/c1-4-15-37(16-5-1)53-40-21-10-23-42(33-40)54(38-17-6-2-7-18-38)44-25-12-27-46(35-44)56(49-30-32-51-48-29-14-31-52-50(48)49)47-28-13-26-45(36-47)55(39-19-8-3-9-20-39)43-24-11-22-41(53)34-43/h1-23,25-29,31-36,43,49H,24,30H2. The summed E-state index contributed by atoms with van der Waals surface area (Å²) in [5.41, 5.74) is 12.8. The van der Waals surface area contributed by atoms with Gasteiger partial charge in [-0.2, -0.15) is 0 Å². The molecule has 7 aromatic rings. The molecule has 0 fully saturated rings. The molecule has 270 valence electrons. The molecule has 6 aromatic carbocycles. The zero-order chi connectivity index (χ0) is 37.3. The molecule has 0 radical (unpaired) electrons. The molecule has 0 amide bonds. The van der Waals surface area contributed by atoms with Crippen LogP contribution in [0.1, 0.15) is 24.6 Å². The van der Waals surface area contributed by atoms with Crippen molar-refractivity contribution >= 4 is 63.1 Å². The van der Waals surface area contributed by atoms with E-state index in [0.29, 0.717) is 0 Å². The molecule has 3 heterocycles. The van der Waals surface area contributed by atoms with Gasteiger partial charge in [0.25, 0.3) is 0 Å². The molecule has 8 bridgehead atoms. The molecule has 2 aliphatic heterocycles. The van der Waals surface area contributed by atoms with E-state index in [0.717, 1.165) is 81.1 Å². The zero-order valence-electron chi connectivity index (χ0n) is 30.9. The van der Waals surface area contributed by atoms with Crippen LogP contribution >= 0.6 is 0 Å². The summed E-state index contributed by atoms with van der Waals surface area (Å²) in [6, 6.07) is 63.0. The van der Waals surface area contributed by atoms with Gasteiger partial charge in [0.1, 0.15) is 0 Å². The van der Waals surface area contributed by atoms with Crippen molar-refractivity contribution in [3.8, 4) is 0 Å². The van der Waals surface area contributed by atoms with E-state index in [2.05, 4.69) is 208 Å². The highest BCUT2D eigenvalue weighted by Crippen LogP contribution is 2.46. The number of para-hydroxylation sites is 3. The number of benzene rings is 6. The maximum atomic E-state index is 4.95. The Labute approximate surface area is 328 Å². The summed E-state index contributed by atoms with van der Waals surface area (Å²) in [5.74, 6) is 0. The fourth-order valence-corrected chi connectivity index (χ4v) is 8.37. The van der Waals surface area contributed by atoms with Gasteiger partial charge in [-0.05, 0) is 122 Å². The highest BCUT2D eigenvalue weighted by Gasteiger charge is 2.30. The van der Waals surface area contributed by atoms with Crippen molar-refractivity contribution in [3.05, 3.63) is 212 Å². The van der Waals surface area contributed by atoms with Crippen molar-refractivity contribution in [2.24, 2.45) is 4.99 Å². The van der Waals surface area contributed by atoms with Gasteiger partial charge in [-0.1, -0.05) is 78.9 Å². The van der Waals surface area contributed by atoms with E-state index in [1.807, 2.05) is 18.5 Å². The van der Waals surface area contributed by atoms with Crippen LogP contribution in [-0.2, 0) is 0 Å². The van der Waals surface area contributed by atoms with Gasteiger partial charge in [0.15, 0.2) is 0 Å². The molecule has 3 aliphatic rings. The minimum absolute atomic E-state index is 0.0387. The molecule has 6 nitrogen and oxygen atoms in total. The molecule has 1 aliphatic carbocycles. The van der Waals surface area contributed by atoms with Crippen molar-refractivity contribution in [2.45, 2.75) is 24.9 Å². The number of rotatable bonds is 4. The van der Waals surface area contributed by atoms with Crippen molar-refractivity contribution in [3.63, 3.8) is 0 Å². The molecule has 0 spiro atoms. The second-order valence-corrected chi connectivity index (χ2v) is 14.2. The van der Waals surface area contributed by atoms with Crippen molar-refractivity contribution < 1.29 is 0 Å². The number of fused-ring (bicyclic) bond motifs is 8. The smallest absolute Gasteiger partial charge is 0.0891 e. The Morgan fingerprint density at radius 3 is 1.62 bits per heavy atom. The van der Waals surface area contributed by atoms with Crippen LogP contribution < -0.4 is 19.6 Å². The number of hydrogen-bond donors (Lipinski definition) is 0. The van der Waals surface area contributed by atoms with Crippen LogP contribution in [-0.4, -0.2) is 17.2 Å². The second kappa shape index (κ2) is 14.6. The first kappa shape index (κ1) is 33.4. The summed E-state index contributed by atoms with van der Waals surface area (Å²) < 4.78 is 0. The molecule has 0 N–H and O–H groups in total. The summed E-state index contributed by atoms with van der Waals surface area (Å²) in [5, 5.41) is 0. The highest BCUT2D eigenvalue weighted by atomic mass is 15.2. The molecule has 0 saturated carbocycles. The van der Waals surface area contributed by atoms with Crippen molar-refractivity contribution in [1.82, 2.24) is 4.98 Å². The van der Waals surface area contributed by atoms with Crippen molar-refractivity contribution in [1.29, 1.82) is 0 Å². The van der Waals surface area contributed by atoms with Gasteiger partial charge < -0.3 is 19.6 Å². The van der Waals surface area contributed by atoms with E-state index in [4.69, 9.17) is 9.98 Å². The first-order valence-electron chi connectivity index (χ1n) is 19.3. The number of allylic oxidation sites excluding steroid dienone is 1. The number of nitrogens with zero attached hydrogens (tertiary/aromatic N) is 6. The lowest BCUT2D eigenvalue weighted by Gasteiger charge is -2.38. The number of aromatic nitrogens is 1. The van der Waals surface area contributed by atoms with Gasteiger partial charge >= 0.3 is 0 Å². The molecule has 1 aromatic heterocycles. The number of hydrogen-bond acceptors (Lipinski definition) is 6. The van der Waals surface area contributed by atoms with E-state index < -0.39 is 0 Å². The molecule has 56 heavy (non-hydrogen) atoms. The van der Waals surface area contributed by atoms with Gasteiger partial charge in [-0.15, -0.1) is 0 Å². The summed E-state index contributed by atoms with van der Waals surface area (Å²) in [6.45, 7) is 0. The van der Waals surface area contributed by atoms with Crippen LogP contribution in [0.25, 0.3) is 0 Å². The highest BCUT2D eigenvalue weighted by molar-refractivity contribution is 5.84. The Morgan fingerprint density at radius 2 is 0.964 bits per heavy atom. The Hall–Kier alpha value is -7.18. The van der Waals surface area contributed by atoms with Gasteiger partial charge in [0.2, 0.25) is 0 Å². The fraction of sp³-hybridized carbons (Fsp3) is 0.0800. The average molecular weight is 725 g/mol. The topological polar surface area (TPSA) is 38.2 Å². The van der Waals surface area contributed by atoms with Crippen LogP contribution in [0.15, 0.2) is 211 Å². The first-order valence-corrected chi connectivity index (χ1v) is 19.3. The Balaban J connectivity index is 1.25. The number of aliphatic imine (C=N–C) groups is 1. The third-order valence-corrected chi connectivity index (χ3v) is 10.8. The molecule has 6 heteroatoms. The largest absolute Gasteiger partial charge is 0.334 e. The van der Waals surface area contributed by atoms with E-state index in [1.165, 1.54) is 0 Å². The predicted octanol–water partition coefficient (Wildman–Crippen LogP) is 13.0. The van der Waals surface area contributed by atoms with E-state index in [9.17, 15) is 0 Å². The van der Waals surface area contributed by atoms with Crippen LogP contribution in [0.2, 0.25) is 0 Å². The lowest BCUT2D eigenvalue weighted by Crippen LogP contribution is -2.32. The minimum Gasteiger partial charge on any atom is -0.334 e. The Morgan fingerprint density at radius 1 is 0.446 bits per heavy atom. The predicted molar refractivity (Wildman–Crippen MR) is 232 cm³/mol. The normalized spacial score (nSPS) is 17.3. The number of anilines is 9. The Bertz CT molecular complexity index is 2580. The van der Waals surface area contributed by atoms with E-state index in [-0.39, 0.29) is 12.1 Å². The first-order chi connectivity index (χ1) is 27.8. The lowest BCUT2D eigenvalue weighted by atomic mass is 9.99. The van der Waals surface area contributed by atoms with Gasteiger partial charge in [0.05, 0.1) is 23.5 Å². The molecular formula is C50H40N6. The minimum atomic E-state index is -0.0738. The summed E-state index contributed by atoms with van der Waals surface area (Å²) >= 11 is 0. The van der Waals surface area contributed by atoms with Crippen LogP contribution in [0, 0.1) is 0 Å². The summed E-state index contributed by atoms with van der Waals surface area (Å²) in [7, 11) is 0. The quantitative estimate of drug-likeness (QED) is 0.181. The molecule has 0 saturated heterocycles. The Kier molecular flexibility index (Phi) is 8.69. The maximum absolute atomic E-state index is 4.95. The summed E-state index contributed by atoms with van der Waals surface area (Å²) in [6.07, 6.45) is 12.5. The zero-order valence-corrected chi connectivity index (χ0v) is 30.9. The molecule has 2 atom stereocenters. The summed E-state index contributed by atoms with van der Waals surface area (Å²) in [4.78, 5) is 19.4. The van der Waals surface area contributed by atoms with Gasteiger partial charge in [-0.3, -0.25) is 9.98 Å². The van der Waals surface area contributed by atoms with Gasteiger partial charge in [0, 0.05) is 75.7 Å². The monoisotopic (exact) mass is 724 g/mol. The number of pyridine rings is 1. The van der Waals surface area contributed by atoms with Gasteiger partial charge in [-0.25, -0.2) is 0 Å². The van der Waals surface area contributed by atoms with E-state index in [1.54, 1.807) is 0 Å². The molecule has 2 unspecified atom stereocenters. The van der Waals surface area contributed by atoms with Crippen LogP contribution in [0.3, 0.4) is 0 Å². The van der Waals surface area contributed by atoms with Crippen molar-refractivity contribution in [2.75, 3.05) is 19.6 Å². The third-order valence-electron chi connectivity index (χ3n) is 10.8. The molecule has 10 rings (SSSR count). The van der Waals surface area contributed by atoms with Crippen LogP contribution in [0.4, 0.5) is 56.9 Å². The lowest BCUT2D eigenvalue weighted by molar-refractivity contribution is 0.699. The third kappa shape index (κ3) is 6.21. The fourth-order valence-electron chi connectivity index (χ4n) is 8.37. The average Bonchev–Trinajstić information content (AvgIpc) is 3.26. The molecular weight excluding hydrogens is 685 g/mol.